The SMILES string of the molecule is CN(CCOCCOCCNI)CCOCC(=O)NCCCC(=O)N=C(N)CCNc1ccc(Cl)c(Cl)c1. The molecule has 0 atom stereocenters. The van der Waals surface area contributed by atoms with Crippen molar-refractivity contribution in [1.82, 2.24) is 13.7 Å². The van der Waals surface area contributed by atoms with Gasteiger partial charge in [-0.05, 0) is 31.7 Å². The van der Waals surface area contributed by atoms with Crippen molar-refractivity contribution >= 4 is 69.4 Å². The van der Waals surface area contributed by atoms with Gasteiger partial charge in [-0.2, -0.15) is 0 Å². The summed E-state index contributed by atoms with van der Waals surface area (Å²) < 4.78 is 19.3. The number of nitrogens with zero attached hydrogens (tertiary/aromatic N) is 2. The molecule has 0 aliphatic carbocycles. The predicted molar refractivity (Wildman–Crippen MR) is 160 cm³/mol. The first-order valence-electron chi connectivity index (χ1n) is 12.4. The van der Waals surface area contributed by atoms with Crippen molar-refractivity contribution in [3.63, 3.8) is 0 Å². The highest BCUT2D eigenvalue weighted by molar-refractivity contribution is 14.1. The number of amidine groups is 1. The van der Waals surface area contributed by atoms with E-state index in [1.54, 1.807) is 18.2 Å². The highest BCUT2D eigenvalue weighted by Crippen LogP contribution is 2.24. The number of aliphatic imine (C=N–C) groups is 1. The Morgan fingerprint density at radius 2 is 1.68 bits per heavy atom. The number of carbonyl (C=O) groups excluding carboxylic acids is 2. The monoisotopic (exact) mass is 688 g/mol. The van der Waals surface area contributed by atoms with Crippen LogP contribution in [0, 0.1) is 0 Å². The number of benzene rings is 1. The van der Waals surface area contributed by atoms with Gasteiger partial charge >= 0.3 is 0 Å². The molecule has 1 aromatic carbocycles. The molecule has 0 aliphatic rings. The van der Waals surface area contributed by atoms with Crippen LogP contribution in [0.3, 0.4) is 0 Å². The molecule has 0 fully saturated rings. The predicted octanol–water partition coefficient (Wildman–Crippen LogP) is 2.50. The van der Waals surface area contributed by atoms with Crippen LogP contribution < -0.4 is 19.9 Å². The minimum absolute atomic E-state index is 0.0291. The quantitative estimate of drug-likeness (QED) is 0.0476. The van der Waals surface area contributed by atoms with E-state index in [2.05, 4.69) is 46.9 Å². The van der Waals surface area contributed by atoms with E-state index < -0.39 is 0 Å². The van der Waals surface area contributed by atoms with Crippen LogP contribution in [0.15, 0.2) is 23.2 Å². The van der Waals surface area contributed by atoms with Crippen LogP contribution in [0.4, 0.5) is 5.69 Å². The summed E-state index contributed by atoms with van der Waals surface area (Å²) in [5, 5.41) is 6.80. The Bertz CT molecular complexity index is 853. The van der Waals surface area contributed by atoms with Gasteiger partial charge in [-0.1, -0.05) is 23.2 Å². The van der Waals surface area contributed by atoms with Crippen molar-refractivity contribution in [3.05, 3.63) is 28.2 Å². The van der Waals surface area contributed by atoms with Crippen LogP contribution in [-0.2, 0) is 23.8 Å². The molecule has 2 amide bonds. The lowest BCUT2D eigenvalue weighted by atomic mass is 10.3. The van der Waals surface area contributed by atoms with Crippen LogP contribution in [0.25, 0.3) is 0 Å². The fourth-order valence-corrected chi connectivity index (χ4v) is 3.40. The van der Waals surface area contributed by atoms with Gasteiger partial charge in [0, 0.05) is 74.1 Å². The Morgan fingerprint density at radius 1 is 0.974 bits per heavy atom. The second-order valence-corrected chi connectivity index (χ2v) is 9.80. The number of halogens is 3. The molecule has 5 N–H and O–H groups in total. The summed E-state index contributed by atoms with van der Waals surface area (Å²) in [5.41, 5.74) is 6.63. The van der Waals surface area contributed by atoms with Crippen LogP contribution >= 0.6 is 46.1 Å². The van der Waals surface area contributed by atoms with Gasteiger partial charge in [-0.25, -0.2) is 4.99 Å². The molecular weight excluding hydrogens is 650 g/mol. The summed E-state index contributed by atoms with van der Waals surface area (Å²) in [6.07, 6.45) is 1.05. The number of likely N-dealkylation sites (N-methyl/N-ethyl adjacent to an activating group) is 1. The van der Waals surface area contributed by atoms with Crippen molar-refractivity contribution in [2.75, 3.05) is 84.7 Å². The summed E-state index contributed by atoms with van der Waals surface area (Å²) in [6.45, 7) is 5.94. The minimum atomic E-state index is -0.324. The molecule has 216 valence electrons. The first-order chi connectivity index (χ1) is 18.3. The number of hydrogen-bond donors (Lipinski definition) is 4. The summed E-state index contributed by atoms with van der Waals surface area (Å²) in [4.78, 5) is 29.8. The fraction of sp³-hybridized carbons (Fsp3) is 0.625. The zero-order valence-electron chi connectivity index (χ0n) is 21.8. The molecule has 38 heavy (non-hydrogen) atoms. The lowest BCUT2D eigenvalue weighted by molar-refractivity contribution is -0.126. The largest absolute Gasteiger partial charge is 0.387 e. The summed E-state index contributed by atoms with van der Waals surface area (Å²) in [7, 11) is 1.97. The summed E-state index contributed by atoms with van der Waals surface area (Å²) in [5.74, 6) is -0.307. The van der Waals surface area contributed by atoms with E-state index in [1.165, 1.54) is 0 Å². The van der Waals surface area contributed by atoms with E-state index in [9.17, 15) is 9.59 Å². The topological polar surface area (TPSA) is 140 Å². The molecule has 1 aromatic rings. The maximum atomic E-state index is 12.0. The Balaban J connectivity index is 2.00. The van der Waals surface area contributed by atoms with Gasteiger partial charge < -0.3 is 35.5 Å². The number of ether oxygens (including phenoxy) is 3. The molecular formula is C24H39Cl2IN6O5. The number of nitrogens with two attached hydrogens (primary N) is 1. The Morgan fingerprint density at radius 3 is 2.39 bits per heavy atom. The smallest absolute Gasteiger partial charge is 0.247 e. The molecule has 0 radical (unpaired) electrons. The van der Waals surface area contributed by atoms with E-state index in [4.69, 9.17) is 43.1 Å². The van der Waals surface area contributed by atoms with Crippen molar-refractivity contribution in [2.45, 2.75) is 19.3 Å². The third-order valence-electron chi connectivity index (χ3n) is 4.97. The maximum Gasteiger partial charge on any atom is 0.247 e. The van der Waals surface area contributed by atoms with Gasteiger partial charge in [0.2, 0.25) is 11.8 Å². The molecule has 0 bridgehead atoms. The lowest BCUT2D eigenvalue weighted by Crippen LogP contribution is -2.31. The van der Waals surface area contributed by atoms with Crippen LogP contribution in [0.1, 0.15) is 19.3 Å². The van der Waals surface area contributed by atoms with Crippen molar-refractivity contribution < 1.29 is 23.8 Å². The molecule has 1 rings (SSSR count). The first-order valence-corrected chi connectivity index (χ1v) is 14.2. The molecule has 0 aliphatic heterocycles. The zero-order valence-corrected chi connectivity index (χ0v) is 25.4. The molecule has 11 nitrogen and oxygen atoms in total. The van der Waals surface area contributed by atoms with E-state index in [1.807, 2.05) is 7.05 Å². The molecule has 0 spiro atoms. The molecule has 0 saturated heterocycles. The van der Waals surface area contributed by atoms with E-state index in [0.717, 1.165) is 18.8 Å². The van der Waals surface area contributed by atoms with Gasteiger partial charge in [0.15, 0.2) is 0 Å². The molecule has 0 saturated carbocycles. The second-order valence-electron chi connectivity index (χ2n) is 8.22. The Kier molecular flexibility index (Phi) is 20.6. The van der Waals surface area contributed by atoms with Gasteiger partial charge in [-0.15, -0.1) is 0 Å². The number of nitrogens with one attached hydrogen (secondary N) is 3. The standard InChI is InChI=1S/C24H39Cl2IN6O5/c1-33(10-13-37-16-15-36-12-9-31-27)11-14-38-18-24(35)30-7-2-3-23(34)32-22(28)6-8-29-19-4-5-20(25)21(26)17-19/h4-5,17,29,31H,2-3,6-16,18H2,1H3,(H,30,35)(H2,28,32,34). The lowest BCUT2D eigenvalue weighted by Gasteiger charge is -2.16. The van der Waals surface area contributed by atoms with Gasteiger partial charge in [0.1, 0.15) is 12.4 Å². The summed E-state index contributed by atoms with van der Waals surface area (Å²) >= 11 is 13.9. The normalized spacial score (nSPS) is 11.7. The molecule has 0 heterocycles. The number of carbonyl (C=O) groups is 2. The van der Waals surface area contributed by atoms with Crippen LogP contribution in [0.2, 0.25) is 10.0 Å². The zero-order chi connectivity index (χ0) is 28.0. The first kappa shape index (κ1) is 34.8. The van der Waals surface area contributed by atoms with E-state index >= 15 is 0 Å². The number of hydrogen-bond acceptors (Lipinski definition) is 8. The Labute approximate surface area is 249 Å². The van der Waals surface area contributed by atoms with Gasteiger partial charge in [0.25, 0.3) is 0 Å². The van der Waals surface area contributed by atoms with Crippen molar-refractivity contribution in [3.8, 4) is 0 Å². The number of anilines is 1. The second kappa shape index (κ2) is 22.5. The third kappa shape index (κ3) is 18.9. The fourth-order valence-electron chi connectivity index (χ4n) is 2.88. The number of rotatable bonds is 22. The van der Waals surface area contributed by atoms with Crippen LogP contribution in [-0.4, -0.2) is 102 Å². The molecule has 0 aromatic heterocycles. The average Bonchev–Trinajstić information content (AvgIpc) is 2.88. The Hall–Kier alpha value is -1.26. The summed E-state index contributed by atoms with van der Waals surface area (Å²) in [6, 6.07) is 5.21. The highest BCUT2D eigenvalue weighted by Gasteiger charge is 2.06. The van der Waals surface area contributed by atoms with Crippen LogP contribution in [0.5, 0.6) is 0 Å². The molecule has 14 heteroatoms. The van der Waals surface area contributed by atoms with E-state index in [0.29, 0.717) is 75.6 Å². The maximum absolute atomic E-state index is 12.0. The average molecular weight is 689 g/mol. The van der Waals surface area contributed by atoms with E-state index in [-0.39, 0.29) is 30.7 Å². The molecule has 0 unspecified atom stereocenters. The highest BCUT2D eigenvalue weighted by atomic mass is 127. The van der Waals surface area contributed by atoms with Crippen molar-refractivity contribution in [2.24, 2.45) is 10.7 Å². The van der Waals surface area contributed by atoms with Gasteiger partial charge in [0.05, 0.1) is 43.1 Å². The number of amides is 2. The van der Waals surface area contributed by atoms with Gasteiger partial charge in [-0.3, -0.25) is 13.1 Å². The van der Waals surface area contributed by atoms with Crippen molar-refractivity contribution in [1.29, 1.82) is 0 Å². The third-order valence-corrected chi connectivity index (χ3v) is 6.25. The minimum Gasteiger partial charge on any atom is -0.387 e.